The summed E-state index contributed by atoms with van der Waals surface area (Å²) in [6.07, 6.45) is 1.64. The van der Waals surface area contributed by atoms with Crippen LogP contribution in [0.4, 0.5) is 11.4 Å². The molecule has 0 aliphatic heterocycles. The van der Waals surface area contributed by atoms with Crippen molar-refractivity contribution in [3.8, 4) is 11.5 Å². The highest BCUT2D eigenvalue weighted by Crippen LogP contribution is 2.32. The molecule has 0 unspecified atom stereocenters. The second-order valence-corrected chi connectivity index (χ2v) is 8.01. The second-order valence-electron chi connectivity index (χ2n) is 5.95. The molecule has 0 amide bonds. The number of nitrogens with one attached hydrogen (secondary N) is 1. The van der Waals surface area contributed by atoms with Crippen LogP contribution in [0.2, 0.25) is 5.02 Å². The maximum Gasteiger partial charge on any atom is 0.293 e. The molecule has 0 aliphatic carbocycles. The van der Waals surface area contributed by atoms with E-state index in [2.05, 4.69) is 9.71 Å². The quantitative estimate of drug-likeness (QED) is 0.407. The molecule has 0 radical (unpaired) electrons. The molecule has 1 aromatic heterocycles. The van der Waals surface area contributed by atoms with Crippen molar-refractivity contribution in [2.24, 2.45) is 0 Å². The van der Waals surface area contributed by atoms with Gasteiger partial charge in [-0.25, -0.2) is 8.42 Å². The van der Waals surface area contributed by atoms with Gasteiger partial charge < -0.3 is 9.47 Å². The van der Waals surface area contributed by atoms with Gasteiger partial charge >= 0.3 is 0 Å². The third-order valence-electron chi connectivity index (χ3n) is 3.94. The van der Waals surface area contributed by atoms with E-state index in [4.69, 9.17) is 21.1 Å². The maximum atomic E-state index is 12.7. The molecular weight excluding hydrogens is 434 g/mol. The standard InChI is InChI=1S/C19H16ClN3O6S/c1-28-15-6-8-19(17(11-15)23(24)25)30(26,27)22-13-5-7-18(16(20)10-13)29-12-14-4-2-3-9-21-14/h2-11,22H,12H2,1H3. The van der Waals surface area contributed by atoms with E-state index in [-0.39, 0.29) is 23.1 Å². The van der Waals surface area contributed by atoms with Gasteiger partial charge in [0, 0.05) is 6.20 Å². The Morgan fingerprint density at radius 2 is 1.97 bits per heavy atom. The van der Waals surface area contributed by atoms with Gasteiger partial charge in [0.05, 0.1) is 34.5 Å². The molecule has 1 heterocycles. The first kappa shape index (κ1) is 21.3. The van der Waals surface area contributed by atoms with Crippen molar-refractivity contribution in [2.45, 2.75) is 11.5 Å². The molecule has 0 fully saturated rings. The van der Waals surface area contributed by atoms with Crippen LogP contribution < -0.4 is 14.2 Å². The first-order valence-corrected chi connectivity index (χ1v) is 10.3. The van der Waals surface area contributed by atoms with E-state index in [1.54, 1.807) is 18.3 Å². The zero-order valence-corrected chi connectivity index (χ0v) is 17.2. The number of ether oxygens (including phenoxy) is 2. The predicted octanol–water partition coefficient (Wildman–Crippen LogP) is 4.03. The monoisotopic (exact) mass is 449 g/mol. The summed E-state index contributed by atoms with van der Waals surface area (Å²) in [5, 5.41) is 11.5. The number of pyridine rings is 1. The predicted molar refractivity (Wildman–Crippen MR) is 110 cm³/mol. The van der Waals surface area contributed by atoms with Crippen LogP contribution in [0.5, 0.6) is 11.5 Å². The SMILES string of the molecule is COc1ccc(S(=O)(=O)Nc2ccc(OCc3ccccn3)c(Cl)c2)c([N+](=O)[O-])c1. The van der Waals surface area contributed by atoms with Crippen molar-refractivity contribution in [2.75, 3.05) is 11.8 Å². The zero-order chi connectivity index (χ0) is 21.7. The molecule has 30 heavy (non-hydrogen) atoms. The Balaban J connectivity index is 1.80. The van der Waals surface area contributed by atoms with Gasteiger partial charge in [-0.2, -0.15) is 0 Å². The Bertz CT molecular complexity index is 1170. The first-order valence-electron chi connectivity index (χ1n) is 8.47. The van der Waals surface area contributed by atoms with E-state index >= 15 is 0 Å². The van der Waals surface area contributed by atoms with E-state index in [0.29, 0.717) is 11.4 Å². The first-order chi connectivity index (χ1) is 14.3. The van der Waals surface area contributed by atoms with Crippen molar-refractivity contribution >= 4 is 33.0 Å². The number of hydrogen-bond acceptors (Lipinski definition) is 7. The van der Waals surface area contributed by atoms with E-state index in [1.807, 2.05) is 6.07 Å². The minimum absolute atomic E-state index is 0.121. The normalized spacial score (nSPS) is 11.0. The molecular formula is C19H16ClN3O6S. The van der Waals surface area contributed by atoms with Gasteiger partial charge in [-0.05, 0) is 42.5 Å². The summed E-state index contributed by atoms with van der Waals surface area (Å²) >= 11 is 6.19. The summed E-state index contributed by atoms with van der Waals surface area (Å²) in [7, 11) is -2.93. The highest BCUT2D eigenvalue weighted by molar-refractivity contribution is 7.92. The molecule has 0 saturated carbocycles. The summed E-state index contributed by atoms with van der Waals surface area (Å²) in [6.45, 7) is 0.184. The maximum absolute atomic E-state index is 12.7. The average molecular weight is 450 g/mol. The Kier molecular flexibility index (Phi) is 6.38. The molecule has 0 spiro atoms. The Labute approximate surface area is 177 Å². The number of aromatic nitrogens is 1. The number of hydrogen-bond donors (Lipinski definition) is 1. The van der Waals surface area contributed by atoms with E-state index in [1.165, 1.54) is 31.4 Å². The Morgan fingerprint density at radius 1 is 1.17 bits per heavy atom. The fourth-order valence-electron chi connectivity index (χ4n) is 2.52. The molecule has 0 saturated heterocycles. The van der Waals surface area contributed by atoms with Gasteiger partial charge in [-0.15, -0.1) is 0 Å². The third kappa shape index (κ3) is 4.97. The lowest BCUT2D eigenvalue weighted by Crippen LogP contribution is -2.15. The smallest absolute Gasteiger partial charge is 0.293 e. The number of halogens is 1. The summed E-state index contributed by atoms with van der Waals surface area (Å²) in [5.74, 6) is 0.499. The molecule has 3 rings (SSSR count). The molecule has 9 nitrogen and oxygen atoms in total. The lowest BCUT2D eigenvalue weighted by Gasteiger charge is -2.12. The number of nitro groups is 1. The number of rotatable bonds is 8. The van der Waals surface area contributed by atoms with E-state index in [9.17, 15) is 18.5 Å². The molecule has 0 atom stereocenters. The van der Waals surface area contributed by atoms with Crippen LogP contribution in [0, 0.1) is 10.1 Å². The van der Waals surface area contributed by atoms with Gasteiger partial charge in [0.25, 0.3) is 15.7 Å². The van der Waals surface area contributed by atoms with Crippen LogP contribution in [0.1, 0.15) is 5.69 Å². The number of anilines is 1. The van der Waals surface area contributed by atoms with E-state index in [0.717, 1.165) is 12.1 Å². The van der Waals surface area contributed by atoms with Gasteiger partial charge in [0.2, 0.25) is 0 Å². The summed E-state index contributed by atoms with van der Waals surface area (Å²) in [5.41, 5.74) is 0.212. The van der Waals surface area contributed by atoms with Crippen LogP contribution >= 0.6 is 11.6 Å². The van der Waals surface area contributed by atoms with Crippen molar-refractivity contribution in [3.63, 3.8) is 0 Å². The number of sulfonamides is 1. The minimum Gasteiger partial charge on any atom is -0.497 e. The highest BCUT2D eigenvalue weighted by Gasteiger charge is 2.27. The highest BCUT2D eigenvalue weighted by atomic mass is 35.5. The van der Waals surface area contributed by atoms with Crippen molar-refractivity contribution in [1.82, 2.24) is 4.98 Å². The molecule has 3 aromatic rings. The number of nitrogens with zero attached hydrogens (tertiary/aromatic N) is 2. The number of benzene rings is 2. The zero-order valence-electron chi connectivity index (χ0n) is 15.6. The van der Waals surface area contributed by atoms with Crippen molar-refractivity contribution < 1.29 is 22.8 Å². The lowest BCUT2D eigenvalue weighted by molar-refractivity contribution is -0.387. The molecule has 1 N–H and O–H groups in total. The Hall–Kier alpha value is -3.37. The lowest BCUT2D eigenvalue weighted by atomic mass is 10.3. The van der Waals surface area contributed by atoms with Gasteiger partial charge in [0.15, 0.2) is 4.90 Å². The third-order valence-corrected chi connectivity index (χ3v) is 5.66. The van der Waals surface area contributed by atoms with Crippen LogP contribution in [0.25, 0.3) is 0 Å². The van der Waals surface area contributed by atoms with Crippen LogP contribution in [-0.4, -0.2) is 25.4 Å². The van der Waals surface area contributed by atoms with E-state index < -0.39 is 25.5 Å². The minimum atomic E-state index is -4.26. The molecule has 2 aromatic carbocycles. The van der Waals surface area contributed by atoms with Crippen LogP contribution in [0.3, 0.4) is 0 Å². The van der Waals surface area contributed by atoms with Crippen LogP contribution in [-0.2, 0) is 16.6 Å². The van der Waals surface area contributed by atoms with Gasteiger partial charge in [0.1, 0.15) is 18.1 Å². The number of methoxy groups -OCH3 is 1. The second kappa shape index (κ2) is 8.97. The van der Waals surface area contributed by atoms with Crippen LogP contribution in [0.15, 0.2) is 65.7 Å². The summed E-state index contributed by atoms with van der Waals surface area (Å²) in [6, 6.07) is 13.1. The summed E-state index contributed by atoms with van der Waals surface area (Å²) < 4.78 is 38.2. The molecule has 11 heteroatoms. The van der Waals surface area contributed by atoms with Gasteiger partial charge in [-0.1, -0.05) is 17.7 Å². The molecule has 0 aliphatic rings. The average Bonchev–Trinajstić information content (AvgIpc) is 2.73. The number of nitro benzene ring substituents is 1. The molecule has 0 bridgehead atoms. The largest absolute Gasteiger partial charge is 0.497 e. The van der Waals surface area contributed by atoms with Crippen molar-refractivity contribution in [3.05, 3.63) is 81.6 Å². The van der Waals surface area contributed by atoms with Crippen molar-refractivity contribution in [1.29, 1.82) is 0 Å². The molecule has 156 valence electrons. The summed E-state index contributed by atoms with van der Waals surface area (Å²) in [4.78, 5) is 14.1. The fourth-order valence-corrected chi connectivity index (χ4v) is 3.96. The fraction of sp³-hybridized carbons (Fsp3) is 0.105. The van der Waals surface area contributed by atoms with Gasteiger partial charge in [-0.3, -0.25) is 19.8 Å². The Morgan fingerprint density at radius 3 is 2.60 bits per heavy atom. The topological polar surface area (TPSA) is 121 Å².